The molecule has 2 aliphatic heterocycles. The molecule has 4 heterocycles. The topological polar surface area (TPSA) is 66.8 Å². The van der Waals surface area contributed by atoms with E-state index in [1.807, 2.05) is 0 Å². The second-order valence-corrected chi connectivity index (χ2v) is 22.0. The van der Waals surface area contributed by atoms with Crippen molar-refractivity contribution in [1.29, 1.82) is 0 Å². The molecule has 4 aliphatic rings. The molecule has 2 fully saturated rings. The Balaban J connectivity index is 0.000000134. The second-order valence-electron chi connectivity index (χ2n) is 10.3. The Bertz CT molecular complexity index is 1310. The maximum atomic E-state index is 4.42. The van der Waals surface area contributed by atoms with Gasteiger partial charge in [0.1, 0.15) is 0 Å². The van der Waals surface area contributed by atoms with Gasteiger partial charge in [0.15, 0.2) is 0 Å². The van der Waals surface area contributed by atoms with Crippen molar-refractivity contribution in [3.63, 3.8) is 0 Å². The number of hydrogen-bond donors (Lipinski definition) is 1. The van der Waals surface area contributed by atoms with Gasteiger partial charge in [-0.2, -0.15) is 0 Å². The number of nitrogens with zero attached hydrogens (tertiary/aromatic N) is 5. The Morgan fingerprint density at radius 1 is 0.676 bits per heavy atom. The number of halogens is 3. The van der Waals surface area contributed by atoms with Gasteiger partial charge in [-0.3, -0.25) is 19.9 Å². The normalized spacial score (nSPS) is 24.6. The fourth-order valence-electron chi connectivity index (χ4n) is 6.69. The van der Waals surface area contributed by atoms with Crippen LogP contribution in [0.2, 0.25) is 0 Å². The summed E-state index contributed by atoms with van der Waals surface area (Å²) in [7, 11) is 2.85. The third-order valence-corrected chi connectivity index (χ3v) is 8.09. The van der Waals surface area contributed by atoms with Crippen molar-refractivity contribution >= 4 is 86.0 Å². The summed E-state index contributed by atoms with van der Waals surface area (Å²) in [5.41, 5.74) is 10.2. The van der Waals surface area contributed by atoms with E-state index in [0.717, 1.165) is 35.2 Å². The molecule has 0 saturated carbocycles. The molecule has 8 rings (SSSR count). The van der Waals surface area contributed by atoms with E-state index in [4.69, 9.17) is 0 Å². The number of rotatable bonds is 0. The zero-order valence-corrected chi connectivity index (χ0v) is 28.6. The van der Waals surface area contributed by atoms with E-state index in [0.29, 0.717) is 33.1 Å². The van der Waals surface area contributed by atoms with E-state index < -0.39 is 0 Å². The summed E-state index contributed by atoms with van der Waals surface area (Å²) in [5, 5.41) is 3.51. The van der Waals surface area contributed by atoms with Crippen LogP contribution in [0.3, 0.4) is 0 Å². The average molecular weight is 869 g/mol. The number of likely N-dealkylation sites (tertiary alicyclic amines) is 1. The van der Waals surface area contributed by atoms with Crippen molar-refractivity contribution in [3.8, 4) is 0 Å². The van der Waals surface area contributed by atoms with E-state index in [1.165, 1.54) is 48.2 Å². The van der Waals surface area contributed by atoms with Gasteiger partial charge in [-0.15, -0.1) is 24.0 Å². The Hall–Kier alpha value is -0.186. The fourth-order valence-corrected chi connectivity index (χ4v) is 6.69. The quantitative estimate of drug-likeness (QED) is 0.209. The summed E-state index contributed by atoms with van der Waals surface area (Å²) in [5.74, 6) is 2.81. The third-order valence-electron chi connectivity index (χ3n) is 8.09. The Morgan fingerprint density at radius 3 is 1.38 bits per heavy atom. The molecule has 2 saturated heterocycles. The Morgan fingerprint density at radius 2 is 1.00 bits per heavy atom. The van der Waals surface area contributed by atoms with Crippen LogP contribution in [0, 0.1) is 0 Å². The van der Waals surface area contributed by atoms with Gasteiger partial charge in [0, 0.05) is 51.0 Å². The average Bonchev–Trinajstić information content (AvgIpc) is 3.30. The smallest absolute Gasteiger partial charge is 0.0889 e. The molecule has 2 aliphatic carbocycles. The molecule has 1 N–H and O–H groups in total. The first-order chi connectivity index (χ1) is 17.6. The van der Waals surface area contributed by atoms with E-state index in [-0.39, 0.29) is 24.0 Å². The molecule has 4 bridgehead atoms. The summed E-state index contributed by atoms with van der Waals surface area (Å²) in [6, 6.07) is 9.02. The van der Waals surface area contributed by atoms with Gasteiger partial charge in [-0.1, -0.05) is 0 Å². The van der Waals surface area contributed by atoms with Crippen LogP contribution in [-0.4, -0.2) is 58.1 Å². The molecule has 0 amide bonds. The van der Waals surface area contributed by atoms with Crippen molar-refractivity contribution < 1.29 is 9.47 Å². The molecule has 37 heavy (non-hydrogen) atoms. The largest absolute Gasteiger partial charge is 0.316 e. The van der Waals surface area contributed by atoms with E-state index >= 15 is 0 Å². The molecule has 6 nitrogen and oxygen atoms in total. The maximum Gasteiger partial charge on any atom is 0.0889 e. The molecule has 2 aromatic carbocycles. The number of fused-ring (bicyclic) bond motifs is 12. The second kappa shape index (κ2) is 12.5. The van der Waals surface area contributed by atoms with Crippen molar-refractivity contribution in [2.75, 3.05) is 33.2 Å². The van der Waals surface area contributed by atoms with E-state index in [9.17, 15) is 0 Å². The van der Waals surface area contributed by atoms with Gasteiger partial charge < -0.3 is 10.2 Å². The van der Waals surface area contributed by atoms with Crippen molar-refractivity contribution in [2.45, 2.75) is 36.5 Å². The molecule has 10 heteroatoms. The zero-order chi connectivity index (χ0) is 24.6. The van der Waals surface area contributed by atoms with Crippen LogP contribution in [0.5, 0.6) is 0 Å². The van der Waals surface area contributed by atoms with Crippen molar-refractivity contribution in [3.05, 3.63) is 71.3 Å². The molecule has 2 unspecified atom stereocenters. The Labute approximate surface area is 263 Å². The SMILES string of the molecule is CN1CC2C[C@H](C1)c1cc3nccnc3cc12.I.[I][V][I].c1cnc2cc3c(cc2n1)C1CNC[C@H]3C1. The molecule has 2 aromatic heterocycles. The number of aromatic nitrogens is 4. The summed E-state index contributed by atoms with van der Waals surface area (Å²) >= 11 is 4.74. The molecule has 193 valence electrons. The molecule has 0 spiro atoms. The van der Waals surface area contributed by atoms with Crippen LogP contribution in [-0.2, 0) is 9.47 Å². The standard InChI is InChI=1S/C14H15N3.C13H13N3.3HI.V/c1-17-7-9-4-10(8-17)12-6-14-13(5-11(9)12)15-2-3-16-14;1-2-16-13-5-11-9-3-8(6-14-7-9)10(11)4-12(13)15-1;;;;/h2-3,5-6,9-10H,4,7-8H2,1H3;1-2,4-5,8-9,14H,3,6-7H2;3*1H;/q;;;;;+2/p-2/t9-,10?;8-,9?;;;;/m11..../s1. The van der Waals surface area contributed by atoms with E-state index in [1.54, 1.807) is 24.8 Å². The molecular formula is C27H29I3N6V. The molecule has 4 atom stereocenters. The predicted octanol–water partition coefficient (Wildman–Crippen LogP) is 6.34. The van der Waals surface area contributed by atoms with Crippen LogP contribution < -0.4 is 5.32 Å². The molecular weight excluding hydrogens is 840 g/mol. The fraction of sp³-hybridized carbons (Fsp3) is 0.407. The van der Waals surface area contributed by atoms with Gasteiger partial charge in [0.25, 0.3) is 0 Å². The number of benzene rings is 2. The zero-order valence-electron chi connectivity index (χ0n) is 20.5. The number of nitrogens with one attached hydrogen (secondary N) is 1. The van der Waals surface area contributed by atoms with Gasteiger partial charge in [0.05, 0.1) is 22.1 Å². The first-order valence-electron chi connectivity index (χ1n) is 12.4. The van der Waals surface area contributed by atoms with Crippen LogP contribution in [0.1, 0.15) is 58.8 Å². The molecule has 4 aromatic rings. The van der Waals surface area contributed by atoms with Gasteiger partial charge in [-0.25, -0.2) is 0 Å². The van der Waals surface area contributed by atoms with Crippen LogP contribution in [0.25, 0.3) is 22.1 Å². The predicted molar refractivity (Wildman–Crippen MR) is 173 cm³/mol. The number of hydrogen-bond acceptors (Lipinski definition) is 6. The minimum Gasteiger partial charge on any atom is -0.316 e. The summed E-state index contributed by atoms with van der Waals surface area (Å²) in [6.45, 7) is 4.62. The van der Waals surface area contributed by atoms with Gasteiger partial charge in [-0.05, 0) is 90.1 Å². The summed E-state index contributed by atoms with van der Waals surface area (Å²) in [6.07, 6.45) is 9.72. The third kappa shape index (κ3) is 5.83. The van der Waals surface area contributed by atoms with Crippen molar-refractivity contribution in [2.24, 2.45) is 0 Å². The minimum absolute atomic E-state index is 0. The summed E-state index contributed by atoms with van der Waals surface area (Å²) in [4.78, 5) is 20.1. The monoisotopic (exact) mass is 869 g/mol. The number of piperidine rings is 2. The minimum atomic E-state index is 0. The first kappa shape index (κ1) is 28.3. The first-order valence-corrected chi connectivity index (χ1v) is 21.5. The maximum absolute atomic E-state index is 4.42. The van der Waals surface area contributed by atoms with Crippen LogP contribution in [0.4, 0.5) is 0 Å². The van der Waals surface area contributed by atoms with E-state index in [2.05, 4.69) is 101 Å². The van der Waals surface area contributed by atoms with Crippen LogP contribution >= 0.6 is 63.9 Å². The molecule has 0 radical (unpaired) electrons. The number of likely N-dealkylation sites (N-methyl/N-ethyl adjacent to an activating group) is 1. The van der Waals surface area contributed by atoms with Crippen molar-refractivity contribution in [1.82, 2.24) is 30.2 Å². The van der Waals surface area contributed by atoms with Gasteiger partial charge in [0.2, 0.25) is 0 Å². The van der Waals surface area contributed by atoms with Crippen LogP contribution in [0.15, 0.2) is 49.1 Å². The van der Waals surface area contributed by atoms with Gasteiger partial charge >= 0.3 is 49.4 Å². The Kier molecular flexibility index (Phi) is 9.61. The summed E-state index contributed by atoms with van der Waals surface area (Å²) < 4.78 is 0.